The minimum atomic E-state index is -3.23. The summed E-state index contributed by atoms with van der Waals surface area (Å²) in [5, 5.41) is 10.6. The number of aliphatic hydroxyl groups excluding tert-OH is 1. The summed E-state index contributed by atoms with van der Waals surface area (Å²) in [6.07, 6.45) is 0. The van der Waals surface area contributed by atoms with Gasteiger partial charge in [-0.3, -0.25) is 0 Å². The topological polar surface area (TPSA) is 54.4 Å². The van der Waals surface area contributed by atoms with Crippen LogP contribution in [0, 0.1) is 0 Å². The lowest BCUT2D eigenvalue weighted by Crippen LogP contribution is -2.02. The molecule has 2 rings (SSSR count). The zero-order chi connectivity index (χ0) is 12.3. The van der Waals surface area contributed by atoms with Crippen molar-refractivity contribution < 1.29 is 13.5 Å². The molecule has 1 aromatic carbocycles. The van der Waals surface area contributed by atoms with Crippen LogP contribution in [0.25, 0.3) is 0 Å². The standard InChI is InChI=1S/C12H12O3S2/c13-8-10-3-5-11(6-4-10)9-17(14,15)12-2-1-7-16-12/h1-7,13H,8-9H2. The molecule has 0 fully saturated rings. The van der Waals surface area contributed by atoms with Crippen molar-refractivity contribution in [3.05, 3.63) is 52.9 Å². The first-order valence-electron chi connectivity index (χ1n) is 5.07. The monoisotopic (exact) mass is 268 g/mol. The Bertz CT molecular complexity index is 569. The van der Waals surface area contributed by atoms with Gasteiger partial charge in [-0.1, -0.05) is 30.3 Å². The number of benzene rings is 1. The molecule has 1 aromatic heterocycles. The summed E-state index contributed by atoms with van der Waals surface area (Å²) >= 11 is 1.23. The van der Waals surface area contributed by atoms with Crippen LogP contribution < -0.4 is 0 Å². The molecule has 0 atom stereocenters. The van der Waals surface area contributed by atoms with Gasteiger partial charge in [0.2, 0.25) is 0 Å². The van der Waals surface area contributed by atoms with Gasteiger partial charge in [0.15, 0.2) is 9.84 Å². The highest BCUT2D eigenvalue weighted by Crippen LogP contribution is 2.21. The molecule has 1 N–H and O–H groups in total. The molecule has 0 unspecified atom stereocenters. The van der Waals surface area contributed by atoms with Crippen LogP contribution in [-0.4, -0.2) is 13.5 Å². The van der Waals surface area contributed by atoms with Crippen molar-refractivity contribution in [2.24, 2.45) is 0 Å². The van der Waals surface area contributed by atoms with Crippen LogP contribution in [0.4, 0.5) is 0 Å². The number of thiophene rings is 1. The van der Waals surface area contributed by atoms with Crippen LogP contribution >= 0.6 is 11.3 Å². The van der Waals surface area contributed by atoms with E-state index in [4.69, 9.17) is 5.11 Å². The minimum absolute atomic E-state index is 0.000772. The molecule has 3 nitrogen and oxygen atoms in total. The van der Waals surface area contributed by atoms with Crippen molar-refractivity contribution >= 4 is 21.2 Å². The molecular formula is C12H12O3S2. The minimum Gasteiger partial charge on any atom is -0.392 e. The normalized spacial score (nSPS) is 11.6. The molecule has 5 heteroatoms. The van der Waals surface area contributed by atoms with Crippen molar-refractivity contribution in [2.45, 2.75) is 16.6 Å². The highest BCUT2D eigenvalue weighted by atomic mass is 32.2. The molecule has 0 bridgehead atoms. The Morgan fingerprint density at radius 1 is 1.06 bits per heavy atom. The Morgan fingerprint density at radius 2 is 1.71 bits per heavy atom. The van der Waals surface area contributed by atoms with E-state index in [9.17, 15) is 8.42 Å². The second kappa shape index (κ2) is 5.00. The van der Waals surface area contributed by atoms with Crippen molar-refractivity contribution in [1.29, 1.82) is 0 Å². The fraction of sp³-hybridized carbons (Fsp3) is 0.167. The van der Waals surface area contributed by atoms with E-state index in [1.807, 2.05) is 0 Å². The van der Waals surface area contributed by atoms with Crippen LogP contribution in [-0.2, 0) is 22.2 Å². The number of sulfone groups is 1. The Labute approximate surface area is 104 Å². The number of hydrogen-bond acceptors (Lipinski definition) is 4. The van der Waals surface area contributed by atoms with Crippen LogP contribution in [0.1, 0.15) is 11.1 Å². The van der Waals surface area contributed by atoms with Gasteiger partial charge in [-0.25, -0.2) is 8.42 Å². The number of aliphatic hydroxyl groups is 1. The maximum absolute atomic E-state index is 12.0. The lowest BCUT2D eigenvalue weighted by Gasteiger charge is -2.03. The zero-order valence-electron chi connectivity index (χ0n) is 9.04. The first kappa shape index (κ1) is 12.3. The number of rotatable bonds is 4. The largest absolute Gasteiger partial charge is 0.392 e. The zero-order valence-corrected chi connectivity index (χ0v) is 10.7. The van der Waals surface area contributed by atoms with Crippen molar-refractivity contribution in [1.82, 2.24) is 0 Å². The predicted molar refractivity (Wildman–Crippen MR) is 67.6 cm³/mol. The van der Waals surface area contributed by atoms with Gasteiger partial charge < -0.3 is 5.11 Å². The van der Waals surface area contributed by atoms with Crippen molar-refractivity contribution in [2.75, 3.05) is 0 Å². The second-order valence-electron chi connectivity index (χ2n) is 3.67. The molecular weight excluding hydrogens is 256 g/mol. The maximum Gasteiger partial charge on any atom is 0.191 e. The first-order valence-corrected chi connectivity index (χ1v) is 7.60. The second-order valence-corrected chi connectivity index (χ2v) is 6.83. The lowest BCUT2D eigenvalue weighted by atomic mass is 10.2. The Hall–Kier alpha value is -1.17. The van der Waals surface area contributed by atoms with E-state index in [0.717, 1.165) is 11.1 Å². The molecule has 90 valence electrons. The van der Waals surface area contributed by atoms with E-state index in [1.165, 1.54) is 11.3 Å². The van der Waals surface area contributed by atoms with Crippen molar-refractivity contribution in [3.63, 3.8) is 0 Å². The smallest absolute Gasteiger partial charge is 0.191 e. The molecule has 0 amide bonds. The Morgan fingerprint density at radius 3 is 2.24 bits per heavy atom. The third kappa shape index (κ3) is 2.94. The van der Waals surface area contributed by atoms with Crippen LogP contribution in [0.5, 0.6) is 0 Å². The van der Waals surface area contributed by atoms with Gasteiger partial charge in [-0.05, 0) is 22.6 Å². The highest BCUT2D eigenvalue weighted by Gasteiger charge is 2.15. The molecule has 17 heavy (non-hydrogen) atoms. The lowest BCUT2D eigenvalue weighted by molar-refractivity contribution is 0.282. The predicted octanol–water partition coefficient (Wildman–Crippen LogP) is 2.21. The molecule has 2 aromatic rings. The average molecular weight is 268 g/mol. The van der Waals surface area contributed by atoms with E-state index >= 15 is 0 Å². The Kier molecular flexibility index (Phi) is 3.61. The van der Waals surface area contributed by atoms with Gasteiger partial charge in [-0.15, -0.1) is 11.3 Å². The summed E-state index contributed by atoms with van der Waals surface area (Å²) in [5.41, 5.74) is 1.51. The average Bonchev–Trinajstić information content (AvgIpc) is 2.84. The summed E-state index contributed by atoms with van der Waals surface area (Å²) in [4.78, 5) is 0. The summed E-state index contributed by atoms with van der Waals surface area (Å²) in [6.45, 7) is -0.0298. The van der Waals surface area contributed by atoms with E-state index < -0.39 is 9.84 Å². The molecule has 1 heterocycles. The van der Waals surface area contributed by atoms with Crippen molar-refractivity contribution in [3.8, 4) is 0 Å². The summed E-state index contributed by atoms with van der Waals surface area (Å²) in [7, 11) is -3.23. The SMILES string of the molecule is O=S(=O)(Cc1ccc(CO)cc1)c1cccs1. The molecule has 0 radical (unpaired) electrons. The molecule has 0 saturated heterocycles. The number of hydrogen-bond donors (Lipinski definition) is 1. The van der Waals surface area contributed by atoms with Crippen LogP contribution in [0.15, 0.2) is 46.0 Å². The van der Waals surface area contributed by atoms with Gasteiger partial charge >= 0.3 is 0 Å². The summed E-state index contributed by atoms with van der Waals surface area (Å²) < 4.78 is 24.3. The van der Waals surface area contributed by atoms with E-state index in [1.54, 1.807) is 41.8 Å². The van der Waals surface area contributed by atoms with E-state index in [2.05, 4.69) is 0 Å². The summed E-state index contributed by atoms with van der Waals surface area (Å²) in [6, 6.07) is 10.3. The molecule has 0 saturated carbocycles. The third-order valence-corrected chi connectivity index (χ3v) is 5.54. The van der Waals surface area contributed by atoms with Gasteiger partial charge in [0, 0.05) is 0 Å². The van der Waals surface area contributed by atoms with Gasteiger partial charge in [0.05, 0.1) is 12.4 Å². The van der Waals surface area contributed by atoms with E-state index in [-0.39, 0.29) is 12.4 Å². The first-order chi connectivity index (χ1) is 8.12. The van der Waals surface area contributed by atoms with E-state index in [0.29, 0.717) is 4.21 Å². The fourth-order valence-corrected chi connectivity index (χ4v) is 3.91. The molecule has 0 aliphatic heterocycles. The van der Waals surface area contributed by atoms with Crippen LogP contribution in [0.3, 0.4) is 0 Å². The van der Waals surface area contributed by atoms with Crippen LogP contribution in [0.2, 0.25) is 0 Å². The van der Waals surface area contributed by atoms with Gasteiger partial charge in [-0.2, -0.15) is 0 Å². The molecule has 0 spiro atoms. The summed E-state index contributed by atoms with van der Waals surface area (Å²) in [5.74, 6) is -0.000772. The van der Waals surface area contributed by atoms with Gasteiger partial charge in [0.25, 0.3) is 0 Å². The fourth-order valence-electron chi connectivity index (χ4n) is 1.47. The maximum atomic E-state index is 12.0. The van der Waals surface area contributed by atoms with Gasteiger partial charge in [0.1, 0.15) is 4.21 Å². The molecule has 0 aliphatic carbocycles. The highest BCUT2D eigenvalue weighted by molar-refractivity contribution is 7.92. The quantitative estimate of drug-likeness (QED) is 0.925. The third-order valence-electron chi connectivity index (χ3n) is 2.36. The Balaban J connectivity index is 2.21. The molecule has 0 aliphatic rings.